The maximum Gasteiger partial charge on any atom is 1.00 e. The third kappa shape index (κ3) is 8.91. The Morgan fingerprint density at radius 3 is 1.70 bits per heavy atom. The molecule has 0 spiro atoms. The van der Waals surface area contributed by atoms with E-state index in [0.717, 1.165) is 34.6 Å². The van der Waals surface area contributed by atoms with Crippen molar-refractivity contribution in [3.05, 3.63) is 96.1 Å². The summed E-state index contributed by atoms with van der Waals surface area (Å²) in [6.07, 6.45) is 0. The zero-order valence-electron chi connectivity index (χ0n) is 26.0. The molecule has 5 aromatic rings. The number of aryl methyl sites for hydroxylation is 2. The molecule has 0 bridgehead atoms. The fourth-order valence-electron chi connectivity index (χ4n) is 4.57. The molecule has 0 amide bonds. The molecule has 230 valence electrons. The van der Waals surface area contributed by atoms with E-state index in [1.165, 1.54) is 6.07 Å². The normalized spacial score (nSPS) is 11.9. The SMILES string of the molecule is COc1ccc(N=Nc2ccc(-c3ccc(N=Nc4c(O)ccc5cc(S(=O)(=O)[O-])cc(S(=O)(=O)[O-])c45)c(C)c3)cc2C)cc1.[Na+].[Na+]. The van der Waals surface area contributed by atoms with Crippen LogP contribution in [0.2, 0.25) is 0 Å². The first-order valence-corrected chi connectivity index (χ1v) is 16.0. The second kappa shape index (κ2) is 15.5. The van der Waals surface area contributed by atoms with Gasteiger partial charge < -0.3 is 18.9 Å². The van der Waals surface area contributed by atoms with E-state index >= 15 is 0 Å². The Bertz CT molecular complexity index is 2250. The van der Waals surface area contributed by atoms with Crippen LogP contribution in [0.3, 0.4) is 0 Å². The number of ether oxygens (including phenoxy) is 1. The van der Waals surface area contributed by atoms with Crippen molar-refractivity contribution >= 4 is 53.8 Å². The smallest absolute Gasteiger partial charge is 0.744 e. The van der Waals surface area contributed by atoms with E-state index in [4.69, 9.17) is 4.74 Å². The van der Waals surface area contributed by atoms with Crippen molar-refractivity contribution in [1.82, 2.24) is 0 Å². The number of phenolic OH excluding ortho intramolecular Hbond substituents is 1. The summed E-state index contributed by atoms with van der Waals surface area (Å²) in [4.78, 5) is -1.93. The molecule has 5 rings (SSSR count). The van der Waals surface area contributed by atoms with Gasteiger partial charge in [-0.1, -0.05) is 18.2 Å². The number of fused-ring (bicyclic) bond motifs is 1. The molecular formula is C31H24N4Na2O8S2. The van der Waals surface area contributed by atoms with Crippen LogP contribution >= 0.6 is 0 Å². The molecule has 0 radical (unpaired) electrons. The molecule has 0 unspecified atom stereocenters. The monoisotopic (exact) mass is 690 g/mol. The Hall–Kier alpha value is -3.02. The van der Waals surface area contributed by atoms with Crippen LogP contribution in [0.25, 0.3) is 21.9 Å². The predicted octanol–water partition coefficient (Wildman–Crippen LogP) is 1.48. The average Bonchev–Trinajstić information content (AvgIpc) is 2.99. The van der Waals surface area contributed by atoms with Crippen LogP contribution in [0.5, 0.6) is 11.5 Å². The number of rotatable bonds is 8. The van der Waals surface area contributed by atoms with E-state index < -0.39 is 35.8 Å². The molecule has 47 heavy (non-hydrogen) atoms. The van der Waals surface area contributed by atoms with Crippen LogP contribution in [0, 0.1) is 13.8 Å². The zero-order chi connectivity index (χ0) is 32.5. The van der Waals surface area contributed by atoms with E-state index in [1.807, 2.05) is 31.2 Å². The van der Waals surface area contributed by atoms with Gasteiger partial charge in [-0.2, -0.15) is 15.3 Å². The number of methoxy groups -OCH3 is 1. The Morgan fingerprint density at radius 2 is 1.21 bits per heavy atom. The molecule has 5 aromatic carbocycles. The van der Waals surface area contributed by atoms with E-state index in [-0.39, 0.29) is 75.6 Å². The van der Waals surface area contributed by atoms with Crippen LogP contribution in [0.4, 0.5) is 22.7 Å². The van der Waals surface area contributed by atoms with Crippen LogP contribution in [-0.4, -0.2) is 38.2 Å². The van der Waals surface area contributed by atoms with Gasteiger partial charge in [0.1, 0.15) is 37.4 Å². The molecule has 12 nitrogen and oxygen atoms in total. The quantitative estimate of drug-likeness (QED) is 0.144. The summed E-state index contributed by atoms with van der Waals surface area (Å²) in [6.45, 7) is 3.70. The first-order valence-electron chi connectivity index (χ1n) is 13.2. The summed E-state index contributed by atoms with van der Waals surface area (Å²) in [6, 6.07) is 21.9. The van der Waals surface area contributed by atoms with E-state index in [1.54, 1.807) is 50.4 Å². The van der Waals surface area contributed by atoms with E-state index in [0.29, 0.717) is 28.7 Å². The van der Waals surface area contributed by atoms with Crippen LogP contribution in [0.1, 0.15) is 11.1 Å². The number of hydrogen-bond acceptors (Lipinski definition) is 12. The van der Waals surface area contributed by atoms with Crippen molar-refractivity contribution in [2.24, 2.45) is 20.5 Å². The van der Waals surface area contributed by atoms with Gasteiger partial charge in [0.05, 0.1) is 34.0 Å². The standard InChI is InChI=1S/C31H26N4O8S2.2Na/c1-18-14-20(4-11-26(18)33-32-23-7-9-24(43-3)10-8-23)21-5-12-27(19(2)15-21)34-35-31-28(36)13-6-22-16-25(44(37,38)39)17-29(30(22)31)45(40,41)42;;/h4-17,36H,1-3H3,(H,37,38,39)(H,40,41,42);;/q;2*+1/p-2. The summed E-state index contributed by atoms with van der Waals surface area (Å²) < 4.78 is 76.0. The van der Waals surface area contributed by atoms with Crippen LogP contribution in [-0.2, 0) is 20.2 Å². The van der Waals surface area contributed by atoms with Crippen LogP contribution in [0.15, 0.2) is 115 Å². The van der Waals surface area contributed by atoms with Gasteiger partial charge in [0, 0.05) is 5.39 Å². The summed E-state index contributed by atoms with van der Waals surface area (Å²) in [5, 5.41) is 26.8. The van der Waals surface area contributed by atoms with Crippen molar-refractivity contribution in [1.29, 1.82) is 0 Å². The predicted molar refractivity (Wildman–Crippen MR) is 164 cm³/mol. The van der Waals surface area contributed by atoms with Gasteiger partial charge in [-0.25, -0.2) is 16.8 Å². The molecule has 0 aliphatic carbocycles. The van der Waals surface area contributed by atoms with Gasteiger partial charge in [0.2, 0.25) is 0 Å². The topological polar surface area (TPSA) is 193 Å². The molecule has 0 saturated carbocycles. The number of hydrogen-bond donors (Lipinski definition) is 1. The minimum absolute atomic E-state index is 0. The largest absolute Gasteiger partial charge is 1.00 e. The molecule has 1 N–H and O–H groups in total. The molecule has 0 aliphatic heterocycles. The molecule has 0 aromatic heterocycles. The summed E-state index contributed by atoms with van der Waals surface area (Å²) in [5.74, 6) is 0.213. The molecular weight excluding hydrogens is 666 g/mol. The number of azo groups is 2. The Balaban J connectivity index is 0.00000300. The fourth-order valence-corrected chi connectivity index (χ4v) is 5.92. The fraction of sp³-hybridized carbons (Fsp3) is 0.0968. The van der Waals surface area contributed by atoms with Crippen molar-refractivity contribution in [3.63, 3.8) is 0 Å². The molecule has 0 fully saturated rings. The average molecular weight is 691 g/mol. The first-order chi connectivity index (χ1) is 21.2. The van der Waals surface area contributed by atoms with Gasteiger partial charge in [0.25, 0.3) is 0 Å². The van der Waals surface area contributed by atoms with Gasteiger partial charge in [-0.15, -0.1) is 5.11 Å². The summed E-state index contributed by atoms with van der Waals surface area (Å²) >= 11 is 0. The number of aromatic hydroxyl groups is 1. The molecule has 16 heteroatoms. The van der Waals surface area contributed by atoms with Crippen molar-refractivity contribution in [2.75, 3.05) is 7.11 Å². The Kier molecular flexibility index (Phi) is 12.6. The van der Waals surface area contributed by atoms with Gasteiger partial charge in [0.15, 0.2) is 0 Å². The number of nitrogens with zero attached hydrogens (tertiary/aromatic N) is 4. The first kappa shape index (κ1) is 38.4. The number of phenols is 1. The molecule has 0 aliphatic rings. The summed E-state index contributed by atoms with van der Waals surface area (Å²) in [5.41, 5.74) is 4.74. The van der Waals surface area contributed by atoms with Crippen molar-refractivity contribution < 1.29 is 94.9 Å². The minimum atomic E-state index is -5.29. The Morgan fingerprint density at radius 1 is 0.660 bits per heavy atom. The van der Waals surface area contributed by atoms with Crippen LogP contribution < -0.4 is 63.9 Å². The zero-order valence-corrected chi connectivity index (χ0v) is 31.6. The van der Waals surface area contributed by atoms with Gasteiger partial charge >= 0.3 is 59.1 Å². The second-order valence-corrected chi connectivity index (χ2v) is 12.7. The maximum atomic E-state index is 12.0. The van der Waals surface area contributed by atoms with Gasteiger partial charge in [-0.3, -0.25) is 0 Å². The van der Waals surface area contributed by atoms with E-state index in [9.17, 15) is 31.0 Å². The third-order valence-corrected chi connectivity index (χ3v) is 8.57. The Labute approximate surface area is 315 Å². The molecule has 0 atom stereocenters. The van der Waals surface area contributed by atoms with Crippen molar-refractivity contribution in [3.8, 4) is 22.6 Å². The van der Waals surface area contributed by atoms with Crippen molar-refractivity contribution in [2.45, 2.75) is 23.6 Å². The van der Waals surface area contributed by atoms with Gasteiger partial charge in [-0.05, 0) is 108 Å². The minimum Gasteiger partial charge on any atom is -0.744 e. The molecule has 0 saturated heterocycles. The van der Waals surface area contributed by atoms with E-state index in [2.05, 4.69) is 20.5 Å². The number of benzene rings is 5. The second-order valence-electron chi connectivity index (χ2n) is 9.96. The summed E-state index contributed by atoms with van der Waals surface area (Å²) in [7, 11) is -8.79. The maximum absolute atomic E-state index is 12.0. The third-order valence-electron chi connectivity index (χ3n) is 6.89. The molecule has 0 heterocycles.